The van der Waals surface area contributed by atoms with Crippen LogP contribution in [0.4, 0.5) is 11.4 Å². The van der Waals surface area contributed by atoms with E-state index in [1.165, 1.54) is 19.1 Å². The van der Waals surface area contributed by atoms with Gasteiger partial charge in [-0.3, -0.25) is 14.5 Å². The smallest absolute Gasteiger partial charge is 0.300 e. The van der Waals surface area contributed by atoms with Crippen molar-refractivity contribution in [3.63, 3.8) is 0 Å². The molecule has 3 aromatic carbocycles. The first-order chi connectivity index (χ1) is 18.2. The zero-order valence-corrected chi connectivity index (χ0v) is 22.0. The summed E-state index contributed by atoms with van der Waals surface area (Å²) < 4.78 is 16.6. The van der Waals surface area contributed by atoms with Crippen molar-refractivity contribution in [2.75, 3.05) is 38.1 Å². The standard InChI is InChI=1S/C30H30N2O6/c1-17-12-20-13-19(8-11-25(20)38-17)28(33)26-27(18-6-9-21(10-7-18)31(2)3)32(30(35)29(26)34)22-14-23(36-4)16-24(15-22)37-5/h6-11,13-17,27,33H,12H2,1-5H3/b28-26-. The van der Waals surface area contributed by atoms with Gasteiger partial charge in [0.2, 0.25) is 0 Å². The zero-order valence-electron chi connectivity index (χ0n) is 22.0. The van der Waals surface area contributed by atoms with E-state index in [1.54, 1.807) is 30.3 Å². The van der Waals surface area contributed by atoms with Gasteiger partial charge in [0.15, 0.2) is 0 Å². The summed E-state index contributed by atoms with van der Waals surface area (Å²) in [4.78, 5) is 30.5. The largest absolute Gasteiger partial charge is 0.507 e. The second-order valence-electron chi connectivity index (χ2n) is 9.68. The highest BCUT2D eigenvalue weighted by molar-refractivity contribution is 6.51. The molecule has 8 nitrogen and oxygen atoms in total. The molecule has 2 unspecified atom stereocenters. The number of ketones is 1. The van der Waals surface area contributed by atoms with Gasteiger partial charge in [0.25, 0.3) is 11.7 Å². The van der Waals surface area contributed by atoms with Crippen LogP contribution < -0.4 is 24.0 Å². The van der Waals surface area contributed by atoms with Gasteiger partial charge in [0, 0.05) is 50.0 Å². The highest BCUT2D eigenvalue weighted by Gasteiger charge is 2.47. The van der Waals surface area contributed by atoms with Gasteiger partial charge in [-0.05, 0) is 48.4 Å². The van der Waals surface area contributed by atoms with Gasteiger partial charge in [-0.1, -0.05) is 12.1 Å². The molecule has 3 aromatic rings. The first-order valence-corrected chi connectivity index (χ1v) is 12.3. The van der Waals surface area contributed by atoms with Crippen LogP contribution in [0.2, 0.25) is 0 Å². The molecule has 1 amide bonds. The number of anilines is 2. The number of methoxy groups -OCH3 is 2. The van der Waals surface area contributed by atoms with Crippen molar-refractivity contribution in [1.82, 2.24) is 0 Å². The molecule has 1 fully saturated rings. The summed E-state index contributed by atoms with van der Waals surface area (Å²) in [5.41, 5.74) is 3.47. The lowest BCUT2D eigenvalue weighted by Gasteiger charge is -2.26. The summed E-state index contributed by atoms with van der Waals surface area (Å²) in [6, 6.07) is 17.0. The number of benzene rings is 3. The van der Waals surface area contributed by atoms with E-state index in [4.69, 9.17) is 14.2 Å². The van der Waals surface area contributed by atoms with Gasteiger partial charge in [-0.15, -0.1) is 0 Å². The molecule has 0 spiro atoms. The third kappa shape index (κ3) is 4.32. The van der Waals surface area contributed by atoms with Crippen LogP contribution in [0.3, 0.4) is 0 Å². The van der Waals surface area contributed by atoms with Crippen LogP contribution in [0.25, 0.3) is 5.76 Å². The Bertz CT molecular complexity index is 1420. The van der Waals surface area contributed by atoms with Crippen molar-refractivity contribution in [3.8, 4) is 17.2 Å². The van der Waals surface area contributed by atoms with E-state index in [0.29, 0.717) is 34.7 Å². The lowest BCUT2D eigenvalue weighted by molar-refractivity contribution is -0.132. The van der Waals surface area contributed by atoms with E-state index < -0.39 is 17.7 Å². The number of aliphatic hydroxyl groups is 1. The van der Waals surface area contributed by atoms with Crippen LogP contribution in [0.5, 0.6) is 17.2 Å². The maximum atomic E-state index is 13.6. The summed E-state index contributed by atoms with van der Waals surface area (Å²) in [7, 11) is 6.90. The number of amides is 1. The molecule has 0 aromatic heterocycles. The first kappa shape index (κ1) is 25.2. The van der Waals surface area contributed by atoms with Crippen molar-refractivity contribution in [2.24, 2.45) is 0 Å². The van der Waals surface area contributed by atoms with E-state index in [-0.39, 0.29) is 17.4 Å². The Morgan fingerprint density at radius 1 is 0.974 bits per heavy atom. The average Bonchev–Trinajstić information content (AvgIpc) is 3.43. The minimum Gasteiger partial charge on any atom is -0.507 e. The van der Waals surface area contributed by atoms with Crippen LogP contribution in [0.15, 0.2) is 66.2 Å². The van der Waals surface area contributed by atoms with Crippen molar-refractivity contribution >= 4 is 28.8 Å². The normalized spacial score (nSPS) is 19.8. The molecule has 0 saturated carbocycles. The molecular weight excluding hydrogens is 484 g/mol. The fourth-order valence-corrected chi connectivity index (χ4v) is 5.03. The molecule has 0 bridgehead atoms. The quantitative estimate of drug-likeness (QED) is 0.289. The molecule has 196 valence electrons. The zero-order chi connectivity index (χ0) is 27.1. The summed E-state index contributed by atoms with van der Waals surface area (Å²) in [6.45, 7) is 1.98. The lowest BCUT2D eigenvalue weighted by Crippen LogP contribution is -2.29. The van der Waals surface area contributed by atoms with Crippen molar-refractivity contribution < 1.29 is 28.9 Å². The second-order valence-corrected chi connectivity index (χ2v) is 9.68. The highest BCUT2D eigenvalue weighted by Crippen LogP contribution is 2.44. The number of hydrogen-bond acceptors (Lipinski definition) is 7. The van der Waals surface area contributed by atoms with E-state index in [0.717, 1.165) is 17.0 Å². The molecule has 8 heteroatoms. The Balaban J connectivity index is 1.70. The Morgan fingerprint density at radius 3 is 2.24 bits per heavy atom. The molecule has 2 aliphatic heterocycles. The fourth-order valence-electron chi connectivity index (χ4n) is 5.03. The Morgan fingerprint density at radius 2 is 1.63 bits per heavy atom. The van der Waals surface area contributed by atoms with E-state index in [9.17, 15) is 14.7 Å². The molecule has 0 radical (unpaired) electrons. The molecule has 2 aliphatic rings. The third-order valence-corrected chi connectivity index (χ3v) is 6.95. The van der Waals surface area contributed by atoms with Crippen LogP contribution in [0, 0.1) is 0 Å². The van der Waals surface area contributed by atoms with Crippen molar-refractivity contribution in [3.05, 3.63) is 82.9 Å². The van der Waals surface area contributed by atoms with Gasteiger partial charge in [0.1, 0.15) is 29.1 Å². The minimum atomic E-state index is -0.869. The van der Waals surface area contributed by atoms with E-state index >= 15 is 0 Å². The number of ether oxygens (including phenoxy) is 3. The third-order valence-electron chi connectivity index (χ3n) is 6.95. The number of nitrogens with zero attached hydrogens (tertiary/aromatic N) is 2. The average molecular weight is 515 g/mol. The van der Waals surface area contributed by atoms with Crippen molar-refractivity contribution in [2.45, 2.75) is 25.5 Å². The van der Waals surface area contributed by atoms with Gasteiger partial charge < -0.3 is 24.2 Å². The van der Waals surface area contributed by atoms with Crippen LogP contribution in [0.1, 0.15) is 29.7 Å². The molecule has 0 aliphatic carbocycles. The minimum absolute atomic E-state index is 0.0151. The number of fused-ring (bicyclic) bond motifs is 1. The van der Waals surface area contributed by atoms with E-state index in [1.807, 2.05) is 56.3 Å². The molecule has 2 atom stereocenters. The van der Waals surface area contributed by atoms with Gasteiger partial charge in [0.05, 0.1) is 31.5 Å². The van der Waals surface area contributed by atoms with Gasteiger partial charge >= 0.3 is 0 Å². The predicted octanol–water partition coefficient (Wildman–Crippen LogP) is 4.72. The second kappa shape index (κ2) is 9.78. The molecule has 5 rings (SSSR count). The van der Waals surface area contributed by atoms with Crippen LogP contribution >= 0.6 is 0 Å². The van der Waals surface area contributed by atoms with Crippen molar-refractivity contribution in [1.29, 1.82) is 0 Å². The van der Waals surface area contributed by atoms with Crippen LogP contribution in [-0.2, 0) is 16.0 Å². The number of carbonyl (C=O) groups is 2. The maximum absolute atomic E-state index is 13.6. The monoisotopic (exact) mass is 514 g/mol. The summed E-state index contributed by atoms with van der Waals surface area (Å²) in [6.07, 6.45) is 0.732. The lowest BCUT2D eigenvalue weighted by atomic mass is 9.94. The molecule has 38 heavy (non-hydrogen) atoms. The Labute approximate surface area is 221 Å². The number of hydrogen-bond donors (Lipinski definition) is 1. The molecule has 2 heterocycles. The predicted molar refractivity (Wildman–Crippen MR) is 145 cm³/mol. The molecule has 1 N–H and O–H groups in total. The summed E-state index contributed by atoms with van der Waals surface area (Å²) in [5.74, 6) is -0.0531. The number of rotatable bonds is 6. The highest BCUT2D eigenvalue weighted by atomic mass is 16.5. The van der Waals surface area contributed by atoms with Gasteiger partial charge in [-0.2, -0.15) is 0 Å². The fraction of sp³-hybridized carbons (Fsp3) is 0.267. The maximum Gasteiger partial charge on any atom is 0.300 e. The topological polar surface area (TPSA) is 88.5 Å². The van der Waals surface area contributed by atoms with E-state index in [2.05, 4.69) is 0 Å². The number of carbonyl (C=O) groups excluding carboxylic acids is 2. The SMILES string of the molecule is COc1cc(OC)cc(N2C(=O)C(=O)/C(=C(\O)c3ccc4c(c3)CC(C)O4)C2c2ccc(N(C)C)cc2)c1. The van der Waals surface area contributed by atoms with Crippen LogP contribution in [-0.4, -0.2) is 51.2 Å². The molecule has 1 saturated heterocycles. The van der Waals surface area contributed by atoms with Gasteiger partial charge in [-0.25, -0.2) is 0 Å². The summed E-state index contributed by atoms with van der Waals surface area (Å²) >= 11 is 0. The number of Topliss-reactive ketones (excluding diaryl/α,β-unsaturated/α-hetero) is 1. The number of aliphatic hydroxyl groups excluding tert-OH is 1. The first-order valence-electron chi connectivity index (χ1n) is 12.3. The summed E-state index contributed by atoms with van der Waals surface area (Å²) in [5, 5.41) is 11.5. The molecular formula is C30H30N2O6. The Hall–Kier alpha value is -4.46. The Kier molecular flexibility index (Phi) is 6.48.